The summed E-state index contributed by atoms with van der Waals surface area (Å²) in [5.74, 6) is 0.223. The molecule has 0 aliphatic carbocycles. The van der Waals surface area contributed by atoms with Crippen molar-refractivity contribution in [3.8, 4) is 6.07 Å². The van der Waals surface area contributed by atoms with Gasteiger partial charge in [0.25, 0.3) is 0 Å². The first kappa shape index (κ1) is 15.2. The molecule has 1 saturated heterocycles. The number of carboxylic acids is 1. The van der Waals surface area contributed by atoms with Crippen molar-refractivity contribution in [1.29, 1.82) is 5.26 Å². The highest BCUT2D eigenvalue weighted by molar-refractivity contribution is 5.66. The number of nitriles is 1. The Kier molecular flexibility index (Phi) is 4.73. The van der Waals surface area contributed by atoms with E-state index < -0.39 is 5.97 Å². The molecule has 0 aromatic carbocycles. The summed E-state index contributed by atoms with van der Waals surface area (Å²) < 4.78 is 0. The van der Waals surface area contributed by atoms with Crippen LogP contribution in [0.1, 0.15) is 42.5 Å². The molecule has 6 nitrogen and oxygen atoms in total. The van der Waals surface area contributed by atoms with Crippen molar-refractivity contribution in [3.63, 3.8) is 0 Å². The summed E-state index contributed by atoms with van der Waals surface area (Å²) in [6.45, 7) is 5.32. The number of hydrogen-bond acceptors (Lipinski definition) is 5. The van der Waals surface area contributed by atoms with Gasteiger partial charge in [-0.15, -0.1) is 5.10 Å². The van der Waals surface area contributed by atoms with Gasteiger partial charge in [-0.25, -0.2) is 0 Å². The topological polar surface area (TPSA) is 90.1 Å². The van der Waals surface area contributed by atoms with Gasteiger partial charge < -0.3 is 10.0 Å². The minimum atomic E-state index is -0.754. The molecule has 0 radical (unpaired) electrons. The first-order chi connectivity index (χ1) is 10.0. The smallest absolute Gasteiger partial charge is 0.303 e. The molecule has 2 heterocycles. The zero-order chi connectivity index (χ0) is 15.4. The molecule has 1 aliphatic rings. The van der Waals surface area contributed by atoms with Crippen LogP contribution in [0.25, 0.3) is 0 Å². The number of anilines is 1. The van der Waals surface area contributed by atoms with E-state index in [4.69, 9.17) is 5.11 Å². The fourth-order valence-corrected chi connectivity index (χ4v) is 2.77. The van der Waals surface area contributed by atoms with E-state index in [-0.39, 0.29) is 6.42 Å². The Hall–Kier alpha value is -2.16. The fraction of sp³-hybridized carbons (Fsp3) is 0.600. The minimum absolute atomic E-state index is 0.197. The van der Waals surface area contributed by atoms with Crippen molar-refractivity contribution in [3.05, 3.63) is 16.8 Å². The van der Waals surface area contributed by atoms with Gasteiger partial charge in [-0.05, 0) is 44.6 Å². The van der Waals surface area contributed by atoms with Gasteiger partial charge in [-0.1, -0.05) is 0 Å². The van der Waals surface area contributed by atoms with Crippen LogP contribution in [0.4, 0.5) is 5.82 Å². The van der Waals surface area contributed by atoms with E-state index in [1.807, 2.05) is 13.8 Å². The van der Waals surface area contributed by atoms with Gasteiger partial charge in [0.15, 0.2) is 5.82 Å². The van der Waals surface area contributed by atoms with E-state index in [1.165, 1.54) is 0 Å². The van der Waals surface area contributed by atoms with Crippen LogP contribution in [-0.2, 0) is 4.79 Å². The number of piperidine rings is 1. The lowest BCUT2D eigenvalue weighted by Crippen LogP contribution is -2.37. The lowest BCUT2D eigenvalue weighted by molar-refractivity contribution is -0.137. The largest absolute Gasteiger partial charge is 0.481 e. The molecule has 1 fully saturated rings. The first-order valence-electron chi connectivity index (χ1n) is 7.23. The zero-order valence-electron chi connectivity index (χ0n) is 12.5. The molecule has 1 aliphatic heterocycles. The lowest BCUT2D eigenvalue weighted by atomic mass is 9.93. The number of aliphatic carboxylic acids is 1. The second-order valence-corrected chi connectivity index (χ2v) is 5.61. The third-order valence-corrected chi connectivity index (χ3v) is 4.13. The van der Waals surface area contributed by atoms with Crippen LogP contribution in [0.3, 0.4) is 0 Å². The zero-order valence-corrected chi connectivity index (χ0v) is 12.5. The molecule has 0 spiro atoms. The third-order valence-electron chi connectivity index (χ3n) is 4.13. The number of carbonyl (C=O) groups is 1. The summed E-state index contributed by atoms with van der Waals surface area (Å²) in [5.41, 5.74) is 2.23. The Labute approximate surface area is 124 Å². The average Bonchev–Trinajstić information content (AvgIpc) is 2.48. The van der Waals surface area contributed by atoms with E-state index in [9.17, 15) is 10.1 Å². The molecule has 6 heteroatoms. The van der Waals surface area contributed by atoms with Crippen molar-refractivity contribution in [1.82, 2.24) is 10.2 Å². The predicted molar refractivity (Wildman–Crippen MR) is 78.0 cm³/mol. The summed E-state index contributed by atoms with van der Waals surface area (Å²) in [4.78, 5) is 12.8. The lowest BCUT2D eigenvalue weighted by Gasteiger charge is -2.33. The van der Waals surface area contributed by atoms with Crippen molar-refractivity contribution >= 4 is 11.8 Å². The summed E-state index contributed by atoms with van der Waals surface area (Å²) in [7, 11) is 0. The Morgan fingerprint density at radius 3 is 2.90 bits per heavy atom. The standard InChI is InChI=1S/C15H20N4O2/c1-10-11(2)17-18-15(13(10)8-16)19-7-3-4-12(9-19)5-6-14(20)21/h12H,3-7,9H2,1-2H3,(H,20,21). The van der Waals surface area contributed by atoms with Crippen LogP contribution >= 0.6 is 0 Å². The Bertz CT molecular complexity index is 580. The number of hydrogen-bond donors (Lipinski definition) is 1. The highest BCUT2D eigenvalue weighted by atomic mass is 16.4. The van der Waals surface area contributed by atoms with Gasteiger partial charge in [0.05, 0.1) is 5.69 Å². The molecule has 1 unspecified atom stereocenters. The Morgan fingerprint density at radius 2 is 2.24 bits per heavy atom. The van der Waals surface area contributed by atoms with Crippen LogP contribution in [-0.4, -0.2) is 34.4 Å². The molecule has 21 heavy (non-hydrogen) atoms. The SMILES string of the molecule is Cc1nnc(N2CCCC(CCC(=O)O)C2)c(C#N)c1C. The molecule has 0 bridgehead atoms. The summed E-state index contributed by atoms with van der Waals surface area (Å²) >= 11 is 0. The molecular formula is C15H20N4O2. The monoisotopic (exact) mass is 288 g/mol. The number of carboxylic acid groups (broad SMARTS) is 1. The summed E-state index contributed by atoms with van der Waals surface area (Å²) in [6, 6.07) is 2.23. The molecule has 1 aromatic heterocycles. The highest BCUT2D eigenvalue weighted by Crippen LogP contribution is 2.28. The summed E-state index contributed by atoms with van der Waals surface area (Å²) in [5, 5.41) is 26.5. The predicted octanol–water partition coefficient (Wildman–Crippen LogP) is 2.05. The average molecular weight is 288 g/mol. The van der Waals surface area contributed by atoms with Crippen LogP contribution in [0.5, 0.6) is 0 Å². The van der Waals surface area contributed by atoms with Crippen LogP contribution < -0.4 is 4.90 Å². The number of aromatic nitrogens is 2. The number of aryl methyl sites for hydroxylation is 1. The van der Waals surface area contributed by atoms with Gasteiger partial charge in [0, 0.05) is 19.5 Å². The minimum Gasteiger partial charge on any atom is -0.481 e. The molecular weight excluding hydrogens is 268 g/mol. The molecule has 0 amide bonds. The van der Waals surface area contributed by atoms with Crippen molar-refractivity contribution in [2.45, 2.75) is 39.5 Å². The van der Waals surface area contributed by atoms with Crippen molar-refractivity contribution in [2.75, 3.05) is 18.0 Å². The number of rotatable bonds is 4. The number of nitrogens with zero attached hydrogens (tertiary/aromatic N) is 4. The second kappa shape index (κ2) is 6.53. The summed E-state index contributed by atoms with van der Waals surface area (Å²) in [6.07, 6.45) is 2.89. The molecule has 0 saturated carbocycles. The second-order valence-electron chi connectivity index (χ2n) is 5.61. The highest BCUT2D eigenvalue weighted by Gasteiger charge is 2.24. The van der Waals surface area contributed by atoms with Gasteiger partial charge >= 0.3 is 5.97 Å². The molecule has 1 atom stereocenters. The van der Waals surface area contributed by atoms with Crippen molar-refractivity contribution in [2.24, 2.45) is 5.92 Å². The first-order valence-corrected chi connectivity index (χ1v) is 7.23. The Morgan fingerprint density at radius 1 is 1.48 bits per heavy atom. The Balaban J connectivity index is 2.17. The van der Waals surface area contributed by atoms with Crippen LogP contribution in [0.2, 0.25) is 0 Å². The van der Waals surface area contributed by atoms with E-state index in [2.05, 4.69) is 21.2 Å². The molecule has 1 N–H and O–H groups in total. The van der Waals surface area contributed by atoms with Crippen molar-refractivity contribution < 1.29 is 9.90 Å². The van der Waals surface area contributed by atoms with Gasteiger partial charge in [-0.2, -0.15) is 10.4 Å². The maximum atomic E-state index is 10.7. The quantitative estimate of drug-likeness (QED) is 0.911. The molecule has 2 rings (SSSR count). The van der Waals surface area contributed by atoms with Crippen LogP contribution in [0, 0.1) is 31.1 Å². The van der Waals surface area contributed by atoms with Gasteiger partial charge in [-0.3, -0.25) is 4.79 Å². The molecule has 1 aromatic rings. The normalized spacial score (nSPS) is 18.3. The molecule has 112 valence electrons. The maximum absolute atomic E-state index is 10.7. The van der Waals surface area contributed by atoms with Gasteiger partial charge in [0.1, 0.15) is 11.6 Å². The van der Waals surface area contributed by atoms with E-state index >= 15 is 0 Å². The fourth-order valence-electron chi connectivity index (χ4n) is 2.77. The van der Waals surface area contributed by atoms with E-state index in [0.29, 0.717) is 23.7 Å². The maximum Gasteiger partial charge on any atom is 0.303 e. The van der Waals surface area contributed by atoms with E-state index in [1.54, 1.807) is 0 Å². The van der Waals surface area contributed by atoms with Gasteiger partial charge in [0.2, 0.25) is 0 Å². The third kappa shape index (κ3) is 3.48. The van der Waals surface area contributed by atoms with Crippen LogP contribution in [0.15, 0.2) is 0 Å². The van der Waals surface area contributed by atoms with E-state index in [0.717, 1.165) is 37.2 Å².